The fraction of sp³-hybridized carbons (Fsp3) is 0.450. The van der Waals surface area contributed by atoms with Gasteiger partial charge in [-0.1, -0.05) is 0 Å². The molecule has 1 aliphatic carbocycles. The first-order valence-electron chi connectivity index (χ1n) is 9.61. The topological polar surface area (TPSA) is 62.1 Å². The zero-order valence-corrected chi connectivity index (χ0v) is 16.1. The molecule has 0 bridgehead atoms. The molecule has 166 valence electrons. The molecule has 0 spiro atoms. The Morgan fingerprint density at radius 2 is 1.81 bits per heavy atom. The highest BCUT2D eigenvalue weighted by Crippen LogP contribution is 2.37. The first-order chi connectivity index (χ1) is 14.6. The Labute approximate surface area is 173 Å². The van der Waals surface area contributed by atoms with E-state index in [9.17, 15) is 26.3 Å². The van der Waals surface area contributed by atoms with E-state index >= 15 is 0 Å². The Morgan fingerprint density at radius 1 is 1.06 bits per heavy atom. The van der Waals surface area contributed by atoms with Gasteiger partial charge in [-0.3, -0.25) is 4.90 Å². The molecule has 1 fully saturated rings. The summed E-state index contributed by atoms with van der Waals surface area (Å²) in [6, 6.07) is 0.903. The van der Waals surface area contributed by atoms with E-state index < -0.39 is 36.2 Å². The van der Waals surface area contributed by atoms with Crippen LogP contribution in [0, 0.1) is 22.9 Å². The van der Waals surface area contributed by atoms with Crippen LogP contribution in [0.5, 0.6) is 6.01 Å². The van der Waals surface area contributed by atoms with Crippen molar-refractivity contribution in [2.24, 2.45) is 0 Å². The van der Waals surface area contributed by atoms with Gasteiger partial charge >= 0.3 is 12.2 Å². The standard InChI is InChI=1S/C20H18F6N4O/c21-14-5-16(23)15(22)4-13(14)12-2-1-11(3-17(12)27)30-7-10-6-28-19(29-18(10)8-30)31-9-20(24,25)26/h4-6,11-12,27H,1-3,7-9H2. The molecule has 2 unspecified atom stereocenters. The third-order valence-electron chi connectivity index (χ3n) is 5.62. The second-order valence-electron chi connectivity index (χ2n) is 7.73. The summed E-state index contributed by atoms with van der Waals surface area (Å²) in [5.41, 5.74) is 1.52. The van der Waals surface area contributed by atoms with Gasteiger partial charge in [0, 0.05) is 55.0 Å². The lowest BCUT2D eigenvalue weighted by Gasteiger charge is -2.35. The van der Waals surface area contributed by atoms with E-state index in [-0.39, 0.29) is 23.3 Å². The maximum atomic E-state index is 14.1. The van der Waals surface area contributed by atoms with Gasteiger partial charge in [-0.2, -0.15) is 18.2 Å². The molecule has 0 amide bonds. The van der Waals surface area contributed by atoms with Crippen molar-refractivity contribution < 1.29 is 31.1 Å². The normalized spacial score (nSPS) is 21.9. The van der Waals surface area contributed by atoms with Crippen molar-refractivity contribution in [2.45, 2.75) is 50.5 Å². The Balaban J connectivity index is 1.41. The predicted molar refractivity (Wildman–Crippen MR) is 97.3 cm³/mol. The first kappa shape index (κ1) is 21.5. The van der Waals surface area contributed by atoms with Crippen molar-refractivity contribution in [3.8, 4) is 6.01 Å². The van der Waals surface area contributed by atoms with Crippen molar-refractivity contribution in [1.29, 1.82) is 5.41 Å². The average Bonchev–Trinajstić information content (AvgIpc) is 3.12. The molecule has 1 saturated carbocycles. The third-order valence-corrected chi connectivity index (χ3v) is 5.62. The van der Waals surface area contributed by atoms with Crippen LogP contribution >= 0.6 is 0 Å². The van der Waals surface area contributed by atoms with E-state index in [1.165, 1.54) is 6.20 Å². The van der Waals surface area contributed by atoms with Crippen LogP contribution in [-0.4, -0.2) is 39.4 Å². The van der Waals surface area contributed by atoms with E-state index in [4.69, 9.17) is 5.41 Å². The highest BCUT2D eigenvalue weighted by Gasteiger charge is 2.35. The van der Waals surface area contributed by atoms with Crippen molar-refractivity contribution in [3.05, 3.63) is 52.6 Å². The number of ether oxygens (including phenoxy) is 1. The van der Waals surface area contributed by atoms with Crippen LogP contribution in [0.2, 0.25) is 0 Å². The van der Waals surface area contributed by atoms with Crippen LogP contribution in [0.25, 0.3) is 0 Å². The monoisotopic (exact) mass is 444 g/mol. The number of nitrogens with one attached hydrogen (secondary N) is 1. The summed E-state index contributed by atoms with van der Waals surface area (Å²) >= 11 is 0. The first-order valence-corrected chi connectivity index (χ1v) is 9.61. The Bertz CT molecular complexity index is 1010. The molecule has 2 aromatic rings. The maximum Gasteiger partial charge on any atom is 0.422 e. The van der Waals surface area contributed by atoms with Crippen LogP contribution in [0.1, 0.15) is 42.0 Å². The quantitative estimate of drug-likeness (QED) is 0.557. The molecule has 31 heavy (non-hydrogen) atoms. The van der Waals surface area contributed by atoms with Gasteiger partial charge in [0.25, 0.3) is 0 Å². The fourth-order valence-electron chi connectivity index (χ4n) is 4.13. The molecule has 1 aliphatic heterocycles. The van der Waals surface area contributed by atoms with E-state index in [1.54, 1.807) is 0 Å². The lowest BCUT2D eigenvalue weighted by Crippen LogP contribution is -2.38. The van der Waals surface area contributed by atoms with Gasteiger partial charge in [0.1, 0.15) is 5.82 Å². The summed E-state index contributed by atoms with van der Waals surface area (Å²) in [5.74, 6) is -3.92. The van der Waals surface area contributed by atoms with E-state index in [0.29, 0.717) is 44.1 Å². The molecule has 1 aromatic carbocycles. The van der Waals surface area contributed by atoms with E-state index in [1.807, 2.05) is 4.90 Å². The number of alkyl halides is 3. The number of nitrogens with zero attached hydrogens (tertiary/aromatic N) is 3. The summed E-state index contributed by atoms with van der Waals surface area (Å²) in [6.45, 7) is -0.642. The van der Waals surface area contributed by atoms with Crippen molar-refractivity contribution >= 4 is 5.71 Å². The number of hydrogen-bond acceptors (Lipinski definition) is 5. The van der Waals surface area contributed by atoms with Crippen molar-refractivity contribution in [1.82, 2.24) is 14.9 Å². The van der Waals surface area contributed by atoms with Crippen LogP contribution in [-0.2, 0) is 13.1 Å². The summed E-state index contributed by atoms with van der Waals surface area (Å²) in [7, 11) is 0. The van der Waals surface area contributed by atoms with Crippen molar-refractivity contribution in [2.75, 3.05) is 6.61 Å². The van der Waals surface area contributed by atoms with Gasteiger partial charge in [-0.15, -0.1) is 0 Å². The smallest absolute Gasteiger partial charge is 0.422 e. The minimum atomic E-state index is -4.49. The Hall–Kier alpha value is -2.69. The molecule has 1 aromatic heterocycles. The second kappa shape index (κ2) is 8.10. The molecule has 1 N–H and O–H groups in total. The largest absolute Gasteiger partial charge is 0.454 e. The summed E-state index contributed by atoms with van der Waals surface area (Å²) in [5, 5.41) is 8.34. The van der Waals surface area contributed by atoms with Crippen LogP contribution in [0.15, 0.2) is 18.3 Å². The molecule has 5 nitrogen and oxygen atoms in total. The minimum absolute atomic E-state index is 0.0237. The van der Waals surface area contributed by atoms with Gasteiger partial charge in [0.15, 0.2) is 18.2 Å². The van der Waals surface area contributed by atoms with Gasteiger partial charge in [0.2, 0.25) is 0 Å². The molecule has 11 heteroatoms. The molecule has 2 aliphatic rings. The summed E-state index contributed by atoms with van der Waals surface area (Å²) < 4.78 is 82.4. The zero-order valence-electron chi connectivity index (χ0n) is 16.1. The summed E-state index contributed by atoms with van der Waals surface area (Å²) in [6.07, 6.45) is -1.77. The molecular weight excluding hydrogens is 426 g/mol. The zero-order chi connectivity index (χ0) is 22.3. The molecule has 4 rings (SSSR count). The van der Waals surface area contributed by atoms with Gasteiger partial charge < -0.3 is 10.1 Å². The van der Waals surface area contributed by atoms with Gasteiger partial charge in [0.05, 0.1) is 5.69 Å². The Morgan fingerprint density at radius 3 is 2.52 bits per heavy atom. The highest BCUT2D eigenvalue weighted by atomic mass is 19.4. The van der Waals surface area contributed by atoms with E-state index in [0.717, 1.165) is 11.6 Å². The molecule has 0 radical (unpaired) electrons. The number of benzene rings is 1. The minimum Gasteiger partial charge on any atom is -0.454 e. The van der Waals surface area contributed by atoms with Gasteiger partial charge in [-0.05, 0) is 24.5 Å². The molecule has 2 heterocycles. The Kier molecular flexibility index (Phi) is 5.63. The van der Waals surface area contributed by atoms with Crippen LogP contribution in [0.3, 0.4) is 0 Å². The lowest BCUT2D eigenvalue weighted by molar-refractivity contribution is -0.154. The maximum absolute atomic E-state index is 14.1. The molecule has 0 saturated heterocycles. The number of aromatic nitrogens is 2. The predicted octanol–water partition coefficient (Wildman–Crippen LogP) is 4.51. The second-order valence-corrected chi connectivity index (χ2v) is 7.73. The third kappa shape index (κ3) is 4.65. The summed E-state index contributed by atoms with van der Waals surface area (Å²) in [4.78, 5) is 9.90. The van der Waals surface area contributed by atoms with Crippen LogP contribution in [0.4, 0.5) is 26.3 Å². The number of rotatable bonds is 4. The van der Waals surface area contributed by atoms with Crippen molar-refractivity contribution in [3.63, 3.8) is 0 Å². The van der Waals surface area contributed by atoms with Crippen LogP contribution < -0.4 is 4.74 Å². The molecule has 2 atom stereocenters. The number of fused-ring (bicyclic) bond motifs is 1. The fourth-order valence-corrected chi connectivity index (χ4v) is 4.13. The number of halogens is 6. The lowest BCUT2D eigenvalue weighted by atomic mass is 9.79. The SMILES string of the molecule is N=C1CC(N2Cc3cnc(OCC(F)(F)F)nc3C2)CCC1c1cc(F)c(F)cc1F. The van der Waals surface area contributed by atoms with Gasteiger partial charge in [-0.25, -0.2) is 18.2 Å². The highest BCUT2D eigenvalue weighted by molar-refractivity contribution is 5.89. The number of hydrogen-bond donors (Lipinski definition) is 1. The van der Waals surface area contributed by atoms with E-state index in [2.05, 4.69) is 14.7 Å². The average molecular weight is 444 g/mol. The molecular formula is C20H18F6N4O.